The molecule has 4 heteroatoms. The second-order valence-electron chi connectivity index (χ2n) is 3.61. The van der Waals surface area contributed by atoms with E-state index in [0.717, 1.165) is 10.7 Å². The highest BCUT2D eigenvalue weighted by Gasteiger charge is 2.39. The minimum Gasteiger partial charge on any atom is -0.363 e. The number of fused-ring (bicyclic) bond motifs is 1. The highest BCUT2D eigenvalue weighted by Crippen LogP contribution is 2.40. The molecular weight excluding hydrogens is 184 g/mol. The van der Waals surface area contributed by atoms with E-state index in [0.29, 0.717) is 5.92 Å². The lowest BCUT2D eigenvalue weighted by Crippen LogP contribution is -2.39. The van der Waals surface area contributed by atoms with Crippen molar-refractivity contribution in [1.82, 2.24) is 0 Å². The highest BCUT2D eigenvalue weighted by atomic mass is 32.1. The van der Waals surface area contributed by atoms with Crippen LogP contribution in [0.2, 0.25) is 0 Å². The molecule has 0 aromatic carbocycles. The van der Waals surface area contributed by atoms with Crippen LogP contribution in [0, 0.1) is 5.92 Å². The predicted octanol–water partition coefficient (Wildman–Crippen LogP) is 1.89. The van der Waals surface area contributed by atoms with Crippen LogP contribution >= 0.6 is 11.3 Å². The summed E-state index contributed by atoms with van der Waals surface area (Å²) >= 11 is 1.65. The summed E-state index contributed by atoms with van der Waals surface area (Å²) in [6.07, 6.45) is 2.37. The number of rotatable bonds is 1. The SMILES string of the molecule is O=C1Nc2ccsc2NC1C1CC1. The summed E-state index contributed by atoms with van der Waals surface area (Å²) in [5.74, 6) is 0.698. The number of thiophene rings is 1. The maximum atomic E-state index is 11.6. The van der Waals surface area contributed by atoms with Gasteiger partial charge in [-0.1, -0.05) is 0 Å². The normalized spacial score (nSPS) is 26.2. The fraction of sp³-hybridized carbons (Fsp3) is 0.444. The molecule has 1 amide bonds. The van der Waals surface area contributed by atoms with E-state index in [1.165, 1.54) is 12.8 Å². The van der Waals surface area contributed by atoms with Crippen LogP contribution in [0.25, 0.3) is 0 Å². The Balaban J connectivity index is 1.92. The monoisotopic (exact) mass is 194 g/mol. The minimum atomic E-state index is 0.0196. The van der Waals surface area contributed by atoms with Gasteiger partial charge in [0, 0.05) is 0 Å². The average molecular weight is 194 g/mol. The van der Waals surface area contributed by atoms with Crippen LogP contribution in [-0.2, 0) is 4.79 Å². The molecule has 1 saturated carbocycles. The van der Waals surface area contributed by atoms with E-state index in [1.54, 1.807) is 11.3 Å². The van der Waals surface area contributed by atoms with Crippen LogP contribution in [0.1, 0.15) is 12.8 Å². The van der Waals surface area contributed by atoms with Crippen LogP contribution in [-0.4, -0.2) is 11.9 Å². The summed E-state index contributed by atoms with van der Waals surface area (Å²) in [7, 11) is 0. The number of hydrogen-bond donors (Lipinski definition) is 2. The first-order valence-electron chi connectivity index (χ1n) is 4.49. The molecule has 3 rings (SSSR count). The lowest BCUT2D eigenvalue weighted by molar-refractivity contribution is -0.117. The molecule has 1 fully saturated rings. The molecular formula is C9H10N2OS. The summed E-state index contributed by atoms with van der Waals surface area (Å²) in [5, 5.41) is 9.32. The van der Waals surface area contributed by atoms with E-state index in [4.69, 9.17) is 0 Å². The lowest BCUT2D eigenvalue weighted by atomic mass is 10.1. The molecule has 3 nitrogen and oxygen atoms in total. The first-order chi connectivity index (χ1) is 6.34. The van der Waals surface area contributed by atoms with Crippen LogP contribution < -0.4 is 10.6 Å². The van der Waals surface area contributed by atoms with Gasteiger partial charge in [-0.25, -0.2) is 0 Å². The van der Waals surface area contributed by atoms with Crippen molar-refractivity contribution in [3.05, 3.63) is 11.4 Å². The summed E-state index contributed by atoms with van der Waals surface area (Å²) in [6, 6.07) is 1.96. The lowest BCUT2D eigenvalue weighted by Gasteiger charge is -2.23. The summed E-state index contributed by atoms with van der Waals surface area (Å²) in [4.78, 5) is 11.6. The molecule has 0 radical (unpaired) electrons. The van der Waals surface area contributed by atoms with Gasteiger partial charge in [0.2, 0.25) is 5.91 Å². The van der Waals surface area contributed by atoms with E-state index in [9.17, 15) is 4.79 Å². The van der Waals surface area contributed by atoms with Crippen molar-refractivity contribution in [3.8, 4) is 0 Å². The molecule has 2 heterocycles. The predicted molar refractivity (Wildman–Crippen MR) is 53.1 cm³/mol. The highest BCUT2D eigenvalue weighted by molar-refractivity contribution is 7.15. The van der Waals surface area contributed by atoms with Crippen LogP contribution in [0.3, 0.4) is 0 Å². The minimum absolute atomic E-state index is 0.0196. The van der Waals surface area contributed by atoms with Crippen molar-refractivity contribution in [1.29, 1.82) is 0 Å². The Labute approximate surface area is 80.1 Å². The molecule has 1 aliphatic carbocycles. The van der Waals surface area contributed by atoms with Crippen molar-refractivity contribution in [2.75, 3.05) is 10.6 Å². The molecule has 0 saturated heterocycles. The molecule has 13 heavy (non-hydrogen) atoms. The van der Waals surface area contributed by atoms with E-state index >= 15 is 0 Å². The zero-order chi connectivity index (χ0) is 8.84. The maximum absolute atomic E-state index is 11.6. The fourth-order valence-electron chi connectivity index (χ4n) is 1.70. The van der Waals surface area contributed by atoms with E-state index in [-0.39, 0.29) is 11.9 Å². The number of carbonyl (C=O) groups excluding carboxylic acids is 1. The zero-order valence-corrected chi connectivity index (χ0v) is 7.86. The van der Waals surface area contributed by atoms with Gasteiger partial charge < -0.3 is 10.6 Å². The second-order valence-corrected chi connectivity index (χ2v) is 4.53. The average Bonchev–Trinajstić information content (AvgIpc) is 2.85. The van der Waals surface area contributed by atoms with Crippen molar-refractivity contribution in [2.24, 2.45) is 5.92 Å². The number of carbonyl (C=O) groups is 1. The van der Waals surface area contributed by atoms with Crippen molar-refractivity contribution in [2.45, 2.75) is 18.9 Å². The molecule has 2 N–H and O–H groups in total. The standard InChI is InChI=1S/C9H10N2OS/c12-8-7(5-1-2-5)11-9-6(10-8)3-4-13-9/h3-5,7,11H,1-2H2,(H,10,12). The smallest absolute Gasteiger partial charge is 0.247 e. The van der Waals surface area contributed by atoms with Crippen LogP contribution in [0.4, 0.5) is 10.7 Å². The summed E-state index contributed by atoms with van der Waals surface area (Å²) < 4.78 is 0. The third-order valence-corrected chi connectivity index (χ3v) is 3.43. The van der Waals surface area contributed by atoms with Gasteiger partial charge in [0.1, 0.15) is 11.0 Å². The number of anilines is 2. The molecule has 1 unspecified atom stereocenters. The largest absolute Gasteiger partial charge is 0.363 e. The van der Waals surface area contributed by atoms with Gasteiger partial charge >= 0.3 is 0 Å². The molecule has 0 bridgehead atoms. The summed E-state index contributed by atoms with van der Waals surface area (Å²) in [5.41, 5.74) is 0.937. The van der Waals surface area contributed by atoms with Gasteiger partial charge in [-0.3, -0.25) is 4.79 Å². The van der Waals surface area contributed by atoms with Gasteiger partial charge in [0.05, 0.1) is 5.69 Å². The van der Waals surface area contributed by atoms with Gasteiger partial charge in [-0.05, 0) is 30.2 Å². The third kappa shape index (κ3) is 1.13. The van der Waals surface area contributed by atoms with Crippen molar-refractivity contribution >= 4 is 27.9 Å². The van der Waals surface area contributed by atoms with Crippen LogP contribution in [0.5, 0.6) is 0 Å². The summed E-state index contributed by atoms with van der Waals surface area (Å²) in [6.45, 7) is 0. The van der Waals surface area contributed by atoms with Gasteiger partial charge in [-0.15, -0.1) is 11.3 Å². The zero-order valence-electron chi connectivity index (χ0n) is 7.04. The van der Waals surface area contributed by atoms with Crippen molar-refractivity contribution < 1.29 is 4.79 Å². The Kier molecular flexibility index (Phi) is 1.41. The molecule has 2 aliphatic rings. The molecule has 1 atom stereocenters. The number of nitrogens with one attached hydrogen (secondary N) is 2. The van der Waals surface area contributed by atoms with E-state index in [2.05, 4.69) is 10.6 Å². The first kappa shape index (κ1) is 7.38. The molecule has 1 aromatic heterocycles. The number of amides is 1. The van der Waals surface area contributed by atoms with Gasteiger partial charge in [0.25, 0.3) is 0 Å². The fourth-order valence-corrected chi connectivity index (χ4v) is 2.48. The Bertz CT molecular complexity index is 356. The Morgan fingerprint density at radius 1 is 1.46 bits per heavy atom. The molecule has 68 valence electrons. The Hall–Kier alpha value is -1.03. The first-order valence-corrected chi connectivity index (χ1v) is 5.37. The van der Waals surface area contributed by atoms with Gasteiger partial charge in [-0.2, -0.15) is 0 Å². The second kappa shape index (κ2) is 2.48. The maximum Gasteiger partial charge on any atom is 0.247 e. The third-order valence-electron chi connectivity index (χ3n) is 2.59. The van der Waals surface area contributed by atoms with Crippen LogP contribution in [0.15, 0.2) is 11.4 Å². The van der Waals surface area contributed by atoms with Gasteiger partial charge in [0.15, 0.2) is 0 Å². The molecule has 1 aliphatic heterocycles. The Morgan fingerprint density at radius 3 is 3.08 bits per heavy atom. The van der Waals surface area contributed by atoms with Crippen molar-refractivity contribution in [3.63, 3.8) is 0 Å². The molecule has 0 spiro atoms. The quantitative estimate of drug-likeness (QED) is 0.716. The number of hydrogen-bond acceptors (Lipinski definition) is 3. The van der Waals surface area contributed by atoms with E-state index < -0.39 is 0 Å². The van der Waals surface area contributed by atoms with E-state index in [1.807, 2.05) is 11.4 Å². The topological polar surface area (TPSA) is 41.1 Å². The molecule has 1 aromatic rings. The Morgan fingerprint density at radius 2 is 2.31 bits per heavy atom.